The van der Waals surface area contributed by atoms with Gasteiger partial charge in [-0.15, -0.1) is 0 Å². The van der Waals surface area contributed by atoms with Gasteiger partial charge in [-0.1, -0.05) is 0 Å². The molecule has 0 unspecified atom stereocenters. The Morgan fingerprint density at radius 2 is 1.97 bits per heavy atom. The summed E-state index contributed by atoms with van der Waals surface area (Å²) in [5.41, 5.74) is -1.16. The van der Waals surface area contributed by atoms with Gasteiger partial charge >= 0.3 is 12.1 Å². The van der Waals surface area contributed by atoms with Crippen molar-refractivity contribution in [1.29, 1.82) is 0 Å². The van der Waals surface area contributed by atoms with Crippen molar-refractivity contribution in [2.45, 2.75) is 70.2 Å². The van der Waals surface area contributed by atoms with E-state index in [9.17, 15) is 18.4 Å². The average molecular weight is 433 g/mol. The summed E-state index contributed by atoms with van der Waals surface area (Å²) >= 11 is 0. The summed E-state index contributed by atoms with van der Waals surface area (Å²) in [5.74, 6) is -3.21. The minimum absolute atomic E-state index is 0.142. The Hall–Kier alpha value is -1.52. The Kier molecular flexibility index (Phi) is 6.60. The third kappa shape index (κ3) is 5.39. The molecule has 30 heavy (non-hydrogen) atoms. The number of carbonyl (C=O) groups excluding carboxylic acids is 2. The smallest absolute Gasteiger partial charge is 0.408 e. The van der Waals surface area contributed by atoms with Crippen LogP contribution in [0.4, 0.5) is 13.6 Å². The van der Waals surface area contributed by atoms with Crippen molar-refractivity contribution >= 4 is 12.1 Å². The van der Waals surface area contributed by atoms with E-state index in [1.54, 1.807) is 27.7 Å². The largest absolute Gasteiger partial charge is 0.464 e. The molecule has 3 fully saturated rings. The molecule has 10 heteroatoms. The van der Waals surface area contributed by atoms with Gasteiger partial charge in [0, 0.05) is 44.4 Å². The lowest BCUT2D eigenvalue weighted by Gasteiger charge is -2.61. The quantitative estimate of drug-likeness (QED) is 0.614. The number of rotatable bonds is 6. The molecule has 2 saturated heterocycles. The third-order valence-corrected chi connectivity index (χ3v) is 5.66. The number of ether oxygens (including phenoxy) is 3. The zero-order valence-electron chi connectivity index (χ0n) is 18.1. The van der Waals surface area contributed by atoms with Gasteiger partial charge in [0.05, 0.1) is 25.4 Å². The standard InChI is InChI=1S/C20H33F2N3O5/c1-5-28-16(26)14(24-17(27)30-18(2,3)4)15(13-8-23-6-7-29-13)25-11-19(12-25)9-20(21,22)10-19/h13-15,23H,5-12H2,1-4H3,(H,24,27)/t13-,14+,15-/m1/s1. The monoisotopic (exact) mass is 433 g/mol. The highest BCUT2D eigenvalue weighted by Crippen LogP contribution is 2.57. The third-order valence-electron chi connectivity index (χ3n) is 5.66. The topological polar surface area (TPSA) is 89.1 Å². The van der Waals surface area contributed by atoms with Crippen LogP contribution in [0.2, 0.25) is 0 Å². The minimum atomic E-state index is -2.61. The Balaban J connectivity index is 1.78. The van der Waals surface area contributed by atoms with Crippen molar-refractivity contribution in [1.82, 2.24) is 15.5 Å². The van der Waals surface area contributed by atoms with Gasteiger partial charge in [0.25, 0.3) is 0 Å². The van der Waals surface area contributed by atoms with Gasteiger partial charge in [-0.25, -0.2) is 18.4 Å². The van der Waals surface area contributed by atoms with E-state index in [4.69, 9.17) is 14.2 Å². The van der Waals surface area contributed by atoms with Crippen LogP contribution in [-0.2, 0) is 19.0 Å². The van der Waals surface area contributed by atoms with E-state index in [-0.39, 0.29) is 19.4 Å². The van der Waals surface area contributed by atoms with Crippen LogP contribution in [0.3, 0.4) is 0 Å². The number of halogens is 2. The first-order valence-electron chi connectivity index (χ1n) is 10.5. The van der Waals surface area contributed by atoms with Crippen molar-refractivity contribution in [3.8, 4) is 0 Å². The minimum Gasteiger partial charge on any atom is -0.464 e. The second-order valence-corrected chi connectivity index (χ2v) is 9.59. The number of nitrogens with one attached hydrogen (secondary N) is 2. The highest BCUT2D eigenvalue weighted by molar-refractivity contribution is 5.82. The number of amides is 1. The first kappa shape index (κ1) is 23.1. The number of hydrogen-bond acceptors (Lipinski definition) is 7. The second-order valence-electron chi connectivity index (χ2n) is 9.59. The Morgan fingerprint density at radius 3 is 2.47 bits per heavy atom. The van der Waals surface area contributed by atoms with Crippen LogP contribution in [-0.4, -0.2) is 86.1 Å². The molecule has 8 nitrogen and oxygen atoms in total. The molecule has 0 aromatic rings. The van der Waals surface area contributed by atoms with Gasteiger partial charge in [-0.3, -0.25) is 4.90 Å². The van der Waals surface area contributed by atoms with Crippen LogP contribution in [0.15, 0.2) is 0 Å². The summed E-state index contributed by atoms with van der Waals surface area (Å²) in [7, 11) is 0. The highest BCUT2D eigenvalue weighted by atomic mass is 19.3. The lowest BCUT2D eigenvalue weighted by molar-refractivity contribution is -0.230. The summed E-state index contributed by atoms with van der Waals surface area (Å²) < 4.78 is 43.4. The molecule has 172 valence electrons. The van der Waals surface area contributed by atoms with Crippen molar-refractivity contribution < 1.29 is 32.6 Å². The lowest BCUT2D eigenvalue weighted by atomic mass is 9.60. The molecule has 1 aliphatic carbocycles. The van der Waals surface area contributed by atoms with Crippen LogP contribution in [0, 0.1) is 5.41 Å². The first-order valence-corrected chi connectivity index (χ1v) is 10.5. The van der Waals surface area contributed by atoms with Gasteiger partial charge in [0.2, 0.25) is 5.92 Å². The molecule has 3 aliphatic rings. The van der Waals surface area contributed by atoms with Crippen molar-refractivity contribution in [2.24, 2.45) is 5.41 Å². The maximum Gasteiger partial charge on any atom is 0.408 e. The summed E-state index contributed by atoms with van der Waals surface area (Å²) in [6, 6.07) is -1.59. The summed E-state index contributed by atoms with van der Waals surface area (Å²) in [6.07, 6.45) is -1.42. The molecule has 0 aromatic carbocycles. The molecule has 3 rings (SSSR count). The molecule has 0 radical (unpaired) electrons. The van der Waals surface area contributed by atoms with E-state index in [0.29, 0.717) is 32.8 Å². The SMILES string of the molecule is CCOC(=O)[C@@H](NC(=O)OC(C)(C)C)[C@@H]([C@H]1CNCCO1)N1CC2(C1)CC(F)(F)C2. The number of carbonyl (C=O) groups is 2. The zero-order chi connectivity index (χ0) is 22.2. The normalized spacial score (nSPS) is 27.3. The molecule has 1 spiro atoms. The van der Waals surface area contributed by atoms with Gasteiger partial charge < -0.3 is 24.8 Å². The lowest BCUT2D eigenvalue weighted by Crippen LogP contribution is -2.74. The van der Waals surface area contributed by atoms with E-state index in [1.807, 2.05) is 4.90 Å². The fraction of sp³-hybridized carbons (Fsp3) is 0.900. The van der Waals surface area contributed by atoms with E-state index in [0.717, 1.165) is 0 Å². The molecule has 1 saturated carbocycles. The predicted octanol–water partition coefficient (Wildman–Crippen LogP) is 1.53. The molecule has 3 atom stereocenters. The number of alkyl halides is 2. The molecular formula is C20H33F2N3O5. The molecule has 0 aromatic heterocycles. The molecule has 0 bridgehead atoms. The van der Waals surface area contributed by atoms with Crippen LogP contribution < -0.4 is 10.6 Å². The van der Waals surface area contributed by atoms with Gasteiger partial charge in [-0.2, -0.15) is 0 Å². The first-order chi connectivity index (χ1) is 13.9. The zero-order valence-corrected chi connectivity index (χ0v) is 18.1. The van der Waals surface area contributed by atoms with E-state index >= 15 is 0 Å². The number of nitrogens with zero attached hydrogens (tertiary/aromatic N) is 1. The van der Waals surface area contributed by atoms with Crippen LogP contribution in [0.25, 0.3) is 0 Å². The average Bonchev–Trinajstić information content (AvgIpc) is 2.57. The number of esters is 1. The van der Waals surface area contributed by atoms with Crippen LogP contribution in [0.1, 0.15) is 40.5 Å². The van der Waals surface area contributed by atoms with Gasteiger partial charge in [0.1, 0.15) is 11.6 Å². The fourth-order valence-electron chi connectivity index (χ4n) is 4.71. The Morgan fingerprint density at radius 1 is 1.30 bits per heavy atom. The van der Waals surface area contributed by atoms with Gasteiger partial charge in [-0.05, 0) is 27.7 Å². The Bertz CT molecular complexity index is 633. The van der Waals surface area contributed by atoms with E-state index in [1.165, 1.54) is 0 Å². The molecule has 2 aliphatic heterocycles. The molecule has 1 amide bonds. The van der Waals surface area contributed by atoms with E-state index in [2.05, 4.69) is 10.6 Å². The number of hydrogen-bond donors (Lipinski definition) is 2. The summed E-state index contributed by atoms with van der Waals surface area (Å²) in [6.45, 7) is 9.51. The summed E-state index contributed by atoms with van der Waals surface area (Å²) in [5, 5.41) is 5.88. The van der Waals surface area contributed by atoms with E-state index < -0.39 is 47.2 Å². The molecule has 2 N–H and O–H groups in total. The van der Waals surface area contributed by atoms with Crippen molar-refractivity contribution in [3.05, 3.63) is 0 Å². The van der Waals surface area contributed by atoms with Crippen LogP contribution >= 0.6 is 0 Å². The summed E-state index contributed by atoms with van der Waals surface area (Å²) in [4.78, 5) is 27.2. The second kappa shape index (κ2) is 8.55. The number of likely N-dealkylation sites (tertiary alicyclic amines) is 1. The van der Waals surface area contributed by atoms with Crippen LogP contribution in [0.5, 0.6) is 0 Å². The molecular weight excluding hydrogens is 400 g/mol. The highest BCUT2D eigenvalue weighted by Gasteiger charge is 2.63. The number of morpholine rings is 1. The Labute approximate surface area is 176 Å². The maximum absolute atomic E-state index is 13.5. The fourth-order valence-corrected chi connectivity index (χ4v) is 4.71. The maximum atomic E-state index is 13.5. The number of alkyl carbamates (subject to hydrolysis) is 1. The van der Waals surface area contributed by atoms with Gasteiger partial charge in [0.15, 0.2) is 0 Å². The van der Waals surface area contributed by atoms with Crippen molar-refractivity contribution in [3.63, 3.8) is 0 Å². The van der Waals surface area contributed by atoms with Crippen molar-refractivity contribution in [2.75, 3.05) is 39.4 Å². The predicted molar refractivity (Wildman–Crippen MR) is 104 cm³/mol. The molecule has 2 heterocycles.